The number of para-hydroxylation sites is 1. The zero-order valence-corrected chi connectivity index (χ0v) is 17.7. The zero-order chi connectivity index (χ0) is 22.1. The minimum atomic E-state index is -0.685. The lowest BCUT2D eigenvalue weighted by molar-refractivity contribution is -0.112. The molecule has 156 valence electrons. The van der Waals surface area contributed by atoms with Gasteiger partial charge in [-0.3, -0.25) is 14.6 Å². The van der Waals surface area contributed by atoms with E-state index in [9.17, 15) is 9.59 Å². The molecule has 0 fully saturated rings. The lowest BCUT2D eigenvalue weighted by Crippen LogP contribution is -2.22. The molecule has 0 spiro atoms. The van der Waals surface area contributed by atoms with Crippen molar-refractivity contribution in [1.29, 1.82) is 0 Å². The van der Waals surface area contributed by atoms with Crippen LogP contribution in [0.2, 0.25) is 5.02 Å². The number of nitrogens with zero attached hydrogens (tertiary/aromatic N) is 2. The van der Waals surface area contributed by atoms with Crippen molar-refractivity contribution in [2.24, 2.45) is 0 Å². The maximum atomic E-state index is 13.1. The maximum Gasteiger partial charge on any atom is 0.296 e. The predicted octanol–water partition coefficient (Wildman–Crippen LogP) is 5.71. The van der Waals surface area contributed by atoms with E-state index in [4.69, 9.17) is 11.6 Å². The molecule has 1 amide bonds. The number of fused-ring (bicyclic) bond motifs is 2. The third kappa shape index (κ3) is 3.86. The van der Waals surface area contributed by atoms with Crippen LogP contribution in [0.1, 0.15) is 15.9 Å². The Bertz CT molecular complexity index is 1470. The van der Waals surface area contributed by atoms with Crippen molar-refractivity contribution < 1.29 is 9.59 Å². The molecule has 0 saturated carbocycles. The average molecular weight is 440 g/mol. The summed E-state index contributed by atoms with van der Waals surface area (Å²) >= 11 is 5.99. The number of amides is 1. The minimum absolute atomic E-state index is 0.367. The van der Waals surface area contributed by atoms with Crippen LogP contribution in [0.25, 0.3) is 21.8 Å². The Hall–Kier alpha value is -3.96. The van der Waals surface area contributed by atoms with E-state index in [1.54, 1.807) is 24.5 Å². The quantitative estimate of drug-likeness (QED) is 0.281. The standard InChI is InChI=1S/C26H18ClN3O2/c27-19-10-7-17(8-11-19)15-30-16-22(21-5-1-2-6-24(21)30)25(31)26(32)29-20-12-9-18-4-3-13-28-23(18)14-20/h1-14,16H,15H2,(H,29,32). The van der Waals surface area contributed by atoms with Gasteiger partial charge in [0.15, 0.2) is 0 Å². The molecular weight excluding hydrogens is 422 g/mol. The lowest BCUT2D eigenvalue weighted by atomic mass is 10.1. The number of hydrogen-bond donors (Lipinski definition) is 1. The van der Waals surface area contributed by atoms with Gasteiger partial charge < -0.3 is 9.88 Å². The monoisotopic (exact) mass is 439 g/mol. The van der Waals surface area contributed by atoms with Crippen molar-refractivity contribution in [2.45, 2.75) is 6.54 Å². The number of pyridine rings is 1. The number of Topliss-reactive ketones (excluding diaryl/α,β-unsaturated/α-hetero) is 1. The van der Waals surface area contributed by atoms with E-state index in [-0.39, 0.29) is 0 Å². The second-order valence-corrected chi connectivity index (χ2v) is 7.94. The summed E-state index contributed by atoms with van der Waals surface area (Å²) < 4.78 is 1.97. The Morgan fingerprint density at radius 3 is 2.59 bits per heavy atom. The summed E-state index contributed by atoms with van der Waals surface area (Å²) in [4.78, 5) is 30.2. The number of halogens is 1. The van der Waals surface area contributed by atoms with Crippen molar-refractivity contribution in [3.8, 4) is 0 Å². The number of benzene rings is 3. The van der Waals surface area contributed by atoms with Gasteiger partial charge >= 0.3 is 0 Å². The van der Waals surface area contributed by atoms with Crippen LogP contribution in [0.5, 0.6) is 0 Å². The maximum absolute atomic E-state index is 13.1. The molecule has 0 aliphatic rings. The van der Waals surface area contributed by atoms with Crippen LogP contribution in [0.3, 0.4) is 0 Å². The first-order chi connectivity index (χ1) is 15.6. The summed E-state index contributed by atoms with van der Waals surface area (Å²) in [6.45, 7) is 0.558. The van der Waals surface area contributed by atoms with Crippen LogP contribution < -0.4 is 5.32 Å². The van der Waals surface area contributed by atoms with Crippen LogP contribution in [0, 0.1) is 0 Å². The molecule has 0 bridgehead atoms. The number of hydrogen-bond acceptors (Lipinski definition) is 3. The molecule has 5 aromatic rings. The highest BCUT2D eigenvalue weighted by atomic mass is 35.5. The highest BCUT2D eigenvalue weighted by Crippen LogP contribution is 2.24. The van der Waals surface area contributed by atoms with Gasteiger partial charge in [-0.1, -0.05) is 54.1 Å². The molecule has 0 aliphatic heterocycles. The van der Waals surface area contributed by atoms with E-state index < -0.39 is 11.7 Å². The summed E-state index contributed by atoms with van der Waals surface area (Å²) in [5, 5.41) is 5.08. The average Bonchev–Trinajstić information content (AvgIpc) is 3.18. The molecule has 0 saturated heterocycles. The van der Waals surface area contributed by atoms with Crippen molar-refractivity contribution >= 4 is 50.8 Å². The van der Waals surface area contributed by atoms with E-state index in [1.165, 1.54) is 0 Å². The van der Waals surface area contributed by atoms with Gasteiger partial charge in [0.1, 0.15) is 0 Å². The Kier molecular flexibility index (Phi) is 5.17. The first-order valence-electron chi connectivity index (χ1n) is 10.1. The summed E-state index contributed by atoms with van der Waals surface area (Å²) in [6, 6.07) is 24.3. The van der Waals surface area contributed by atoms with E-state index in [2.05, 4.69) is 10.3 Å². The van der Waals surface area contributed by atoms with Gasteiger partial charge in [0.25, 0.3) is 11.7 Å². The summed E-state index contributed by atoms with van der Waals surface area (Å²) in [6.07, 6.45) is 3.43. The fourth-order valence-corrected chi connectivity index (χ4v) is 3.93. The molecule has 0 unspecified atom stereocenters. The van der Waals surface area contributed by atoms with Crippen molar-refractivity contribution in [2.75, 3.05) is 5.32 Å². The molecule has 6 heteroatoms. The van der Waals surface area contributed by atoms with Crippen LogP contribution in [0.15, 0.2) is 91.3 Å². The van der Waals surface area contributed by atoms with E-state index >= 15 is 0 Å². The number of rotatable bonds is 5. The predicted molar refractivity (Wildman–Crippen MR) is 127 cm³/mol. The Morgan fingerprint density at radius 1 is 0.938 bits per heavy atom. The molecule has 5 nitrogen and oxygen atoms in total. The second kappa shape index (κ2) is 8.29. The molecule has 1 N–H and O–H groups in total. The van der Waals surface area contributed by atoms with Gasteiger partial charge in [-0.25, -0.2) is 0 Å². The smallest absolute Gasteiger partial charge is 0.296 e. The van der Waals surface area contributed by atoms with Gasteiger partial charge in [-0.05, 0) is 42.0 Å². The summed E-state index contributed by atoms with van der Waals surface area (Å²) in [5.74, 6) is -1.27. The van der Waals surface area contributed by atoms with E-state index in [1.807, 2.05) is 71.3 Å². The number of ketones is 1. The van der Waals surface area contributed by atoms with Crippen LogP contribution in [-0.4, -0.2) is 21.2 Å². The van der Waals surface area contributed by atoms with Gasteiger partial charge in [0.05, 0.1) is 11.1 Å². The van der Waals surface area contributed by atoms with Crippen molar-refractivity contribution in [3.05, 3.63) is 107 Å². The SMILES string of the molecule is O=C(Nc1ccc2cccnc2c1)C(=O)c1cn(Cc2ccc(Cl)cc2)c2ccccc12. The van der Waals surface area contributed by atoms with Crippen LogP contribution in [0.4, 0.5) is 5.69 Å². The summed E-state index contributed by atoms with van der Waals surface area (Å²) in [7, 11) is 0. The molecule has 2 aromatic heterocycles. The van der Waals surface area contributed by atoms with E-state index in [0.717, 1.165) is 27.4 Å². The first kappa shape index (κ1) is 20.0. The normalized spacial score (nSPS) is 11.0. The highest BCUT2D eigenvalue weighted by molar-refractivity contribution is 6.48. The molecule has 0 atom stereocenters. The first-order valence-corrected chi connectivity index (χ1v) is 10.5. The fourth-order valence-electron chi connectivity index (χ4n) is 3.80. The molecule has 3 aromatic carbocycles. The minimum Gasteiger partial charge on any atom is -0.342 e. The molecule has 5 rings (SSSR count). The Labute approximate surface area is 189 Å². The highest BCUT2D eigenvalue weighted by Gasteiger charge is 2.22. The number of aromatic nitrogens is 2. The third-order valence-corrected chi connectivity index (χ3v) is 5.62. The lowest BCUT2D eigenvalue weighted by Gasteiger charge is -2.06. The third-order valence-electron chi connectivity index (χ3n) is 5.37. The second-order valence-electron chi connectivity index (χ2n) is 7.51. The van der Waals surface area contributed by atoms with Crippen molar-refractivity contribution in [1.82, 2.24) is 9.55 Å². The van der Waals surface area contributed by atoms with Gasteiger partial charge in [-0.15, -0.1) is 0 Å². The number of carbonyl (C=O) groups excluding carboxylic acids is 2. The zero-order valence-electron chi connectivity index (χ0n) is 17.0. The number of carbonyl (C=O) groups is 2. The van der Waals surface area contributed by atoms with Crippen molar-refractivity contribution in [3.63, 3.8) is 0 Å². The van der Waals surface area contributed by atoms with Gasteiger partial charge in [-0.2, -0.15) is 0 Å². The van der Waals surface area contributed by atoms with Crippen LogP contribution >= 0.6 is 11.6 Å². The Morgan fingerprint density at radius 2 is 1.75 bits per heavy atom. The molecule has 0 radical (unpaired) electrons. The van der Waals surface area contributed by atoms with E-state index in [0.29, 0.717) is 22.8 Å². The topological polar surface area (TPSA) is 64.0 Å². The fraction of sp³-hybridized carbons (Fsp3) is 0.0385. The molecule has 32 heavy (non-hydrogen) atoms. The number of anilines is 1. The molecule has 0 aliphatic carbocycles. The Balaban J connectivity index is 1.44. The largest absolute Gasteiger partial charge is 0.342 e. The van der Waals surface area contributed by atoms with Gasteiger partial charge in [0, 0.05) is 45.9 Å². The van der Waals surface area contributed by atoms with Gasteiger partial charge in [0.2, 0.25) is 0 Å². The summed E-state index contributed by atoms with van der Waals surface area (Å²) in [5.41, 5.74) is 3.57. The number of nitrogens with one attached hydrogen (secondary N) is 1. The van der Waals surface area contributed by atoms with Crippen LogP contribution in [-0.2, 0) is 11.3 Å². The molecule has 2 heterocycles. The molecular formula is C26H18ClN3O2.